The lowest BCUT2D eigenvalue weighted by Crippen LogP contribution is -2.25. The van der Waals surface area contributed by atoms with Crippen molar-refractivity contribution in [2.45, 2.75) is 26.1 Å². The summed E-state index contributed by atoms with van der Waals surface area (Å²) in [7, 11) is 1.56. The molecule has 4 rings (SSSR count). The summed E-state index contributed by atoms with van der Waals surface area (Å²) in [5.41, 5.74) is 1.08. The van der Waals surface area contributed by atoms with Crippen molar-refractivity contribution < 1.29 is 9.26 Å². The fraction of sp³-hybridized carbons (Fsp3) is 0.429. The van der Waals surface area contributed by atoms with Gasteiger partial charge in [0.2, 0.25) is 0 Å². The summed E-state index contributed by atoms with van der Waals surface area (Å²) in [6, 6.07) is 0. The van der Waals surface area contributed by atoms with Crippen LogP contribution in [-0.4, -0.2) is 33.3 Å². The highest BCUT2D eigenvalue weighted by Gasteiger charge is 2.20. The van der Waals surface area contributed by atoms with E-state index in [1.54, 1.807) is 24.8 Å². The molecule has 3 aromatic heterocycles. The van der Waals surface area contributed by atoms with Crippen LogP contribution in [0.25, 0.3) is 10.2 Å². The molecular weight excluding hydrogens is 354 g/mol. The average Bonchev–Trinajstić information content (AvgIpc) is 3.15. The lowest BCUT2D eigenvalue weighted by molar-refractivity contribution is 0.151. The Balaban J connectivity index is 0.00000169. The maximum Gasteiger partial charge on any atom is 0.262 e. The van der Waals surface area contributed by atoms with Gasteiger partial charge in [-0.05, 0) is 18.5 Å². The fourth-order valence-corrected chi connectivity index (χ4v) is 3.90. The Morgan fingerprint density at radius 1 is 1.50 bits per heavy atom. The number of hydrogen-bond acceptors (Lipinski definition) is 8. The second kappa shape index (κ2) is 6.98. The number of aromatic nitrogens is 4. The highest BCUT2D eigenvalue weighted by atomic mass is 35.5. The van der Waals surface area contributed by atoms with Gasteiger partial charge in [-0.15, -0.1) is 23.7 Å². The van der Waals surface area contributed by atoms with Crippen molar-refractivity contribution in [3.8, 4) is 0 Å². The van der Waals surface area contributed by atoms with Crippen molar-refractivity contribution in [2.24, 2.45) is 0 Å². The summed E-state index contributed by atoms with van der Waals surface area (Å²) in [5.74, 6) is 0.828. The smallest absolute Gasteiger partial charge is 0.262 e. The van der Waals surface area contributed by atoms with Crippen LogP contribution in [0.1, 0.15) is 22.2 Å². The largest absolute Gasteiger partial charge is 0.375 e. The molecule has 0 saturated carbocycles. The molecule has 1 aliphatic rings. The van der Waals surface area contributed by atoms with Gasteiger partial charge < -0.3 is 14.6 Å². The highest BCUT2D eigenvalue weighted by molar-refractivity contribution is 7.18. The van der Waals surface area contributed by atoms with Crippen molar-refractivity contribution in [3.63, 3.8) is 0 Å². The Hall–Kier alpha value is -1.81. The second-order valence-electron chi connectivity index (χ2n) is 5.33. The van der Waals surface area contributed by atoms with Gasteiger partial charge >= 0.3 is 0 Å². The lowest BCUT2D eigenvalue weighted by atomic mass is 10.1. The van der Waals surface area contributed by atoms with E-state index < -0.39 is 0 Å². The first-order valence-corrected chi connectivity index (χ1v) is 8.08. The van der Waals surface area contributed by atoms with E-state index in [-0.39, 0.29) is 31.1 Å². The minimum Gasteiger partial charge on any atom is -0.375 e. The number of ether oxygens (including phenoxy) is 1. The Morgan fingerprint density at radius 2 is 2.38 bits per heavy atom. The first-order chi connectivity index (χ1) is 11.3. The van der Waals surface area contributed by atoms with Crippen LogP contribution in [0.4, 0.5) is 0 Å². The second-order valence-corrected chi connectivity index (χ2v) is 6.41. The van der Waals surface area contributed by atoms with Gasteiger partial charge in [-0.3, -0.25) is 9.36 Å². The SMILES string of the molecule is COCc1nc(Cn2cnc3sc4c(c3c2=O)CCNC4)no1.Cl. The summed E-state index contributed by atoms with van der Waals surface area (Å²) in [6.45, 7) is 2.18. The van der Waals surface area contributed by atoms with E-state index >= 15 is 0 Å². The quantitative estimate of drug-likeness (QED) is 0.735. The van der Waals surface area contributed by atoms with Crippen LogP contribution in [0.15, 0.2) is 15.6 Å². The molecule has 0 fully saturated rings. The van der Waals surface area contributed by atoms with Crippen molar-refractivity contribution in [1.82, 2.24) is 25.0 Å². The summed E-state index contributed by atoms with van der Waals surface area (Å²) >= 11 is 1.59. The van der Waals surface area contributed by atoms with E-state index in [0.717, 1.165) is 35.3 Å². The summed E-state index contributed by atoms with van der Waals surface area (Å²) in [4.78, 5) is 23.4. The molecule has 8 nitrogen and oxygen atoms in total. The molecule has 0 radical (unpaired) electrons. The molecule has 128 valence electrons. The number of hydrogen-bond donors (Lipinski definition) is 1. The number of fused-ring (bicyclic) bond motifs is 3. The Bertz CT molecular complexity index is 919. The molecule has 0 atom stereocenters. The molecule has 10 heteroatoms. The van der Waals surface area contributed by atoms with Crippen LogP contribution in [0.3, 0.4) is 0 Å². The van der Waals surface area contributed by atoms with Crippen molar-refractivity contribution >= 4 is 34.0 Å². The minimum atomic E-state index is -0.0486. The van der Waals surface area contributed by atoms with Crippen molar-refractivity contribution in [3.05, 3.63) is 38.8 Å². The molecule has 1 N–H and O–H groups in total. The number of halogens is 1. The lowest BCUT2D eigenvalue weighted by Gasteiger charge is -2.12. The molecule has 0 unspecified atom stereocenters. The van der Waals surface area contributed by atoms with Gasteiger partial charge in [0, 0.05) is 18.5 Å². The van der Waals surface area contributed by atoms with E-state index in [0.29, 0.717) is 11.7 Å². The van der Waals surface area contributed by atoms with Gasteiger partial charge in [-0.25, -0.2) is 4.98 Å². The van der Waals surface area contributed by atoms with Crippen LogP contribution < -0.4 is 10.9 Å². The van der Waals surface area contributed by atoms with Crippen LogP contribution in [0.2, 0.25) is 0 Å². The first-order valence-electron chi connectivity index (χ1n) is 7.27. The maximum absolute atomic E-state index is 12.8. The zero-order valence-electron chi connectivity index (χ0n) is 12.9. The molecule has 0 amide bonds. The molecule has 0 bridgehead atoms. The van der Waals surface area contributed by atoms with Crippen LogP contribution in [-0.2, 0) is 30.9 Å². The Kier molecular flexibility index (Phi) is 4.95. The van der Waals surface area contributed by atoms with E-state index in [1.807, 2.05) is 0 Å². The predicted octanol–water partition coefficient (Wildman–Crippen LogP) is 1.10. The summed E-state index contributed by atoms with van der Waals surface area (Å²) in [5, 5.41) is 7.92. The summed E-state index contributed by atoms with van der Waals surface area (Å²) in [6.07, 6.45) is 2.41. The first kappa shape index (κ1) is 17.0. The monoisotopic (exact) mass is 369 g/mol. The van der Waals surface area contributed by atoms with E-state index in [2.05, 4.69) is 20.4 Å². The number of methoxy groups -OCH3 is 1. The number of nitrogens with zero attached hydrogens (tertiary/aromatic N) is 4. The van der Waals surface area contributed by atoms with E-state index in [1.165, 1.54) is 9.44 Å². The number of rotatable bonds is 4. The molecule has 3 aromatic rings. The van der Waals surface area contributed by atoms with Crippen LogP contribution in [0.5, 0.6) is 0 Å². The van der Waals surface area contributed by atoms with E-state index in [9.17, 15) is 4.79 Å². The summed E-state index contributed by atoms with van der Waals surface area (Å²) < 4.78 is 11.5. The van der Waals surface area contributed by atoms with Crippen molar-refractivity contribution in [1.29, 1.82) is 0 Å². The molecule has 24 heavy (non-hydrogen) atoms. The van der Waals surface area contributed by atoms with Gasteiger partial charge in [-0.1, -0.05) is 5.16 Å². The topological polar surface area (TPSA) is 95.1 Å². The van der Waals surface area contributed by atoms with Crippen molar-refractivity contribution in [2.75, 3.05) is 13.7 Å². The molecule has 4 heterocycles. The van der Waals surface area contributed by atoms with Gasteiger partial charge in [0.1, 0.15) is 11.4 Å². The normalized spacial score (nSPS) is 13.7. The fourth-order valence-electron chi connectivity index (χ4n) is 2.75. The standard InChI is InChI=1S/C14H15N5O3S.ClH/c1-21-6-11-17-10(18-22-11)5-19-7-16-13-12(14(19)20)8-2-3-15-4-9(8)23-13;/h7,15H,2-6H2,1H3;1H. The zero-order valence-corrected chi connectivity index (χ0v) is 14.6. The van der Waals surface area contributed by atoms with Gasteiger partial charge in [0.05, 0.1) is 18.3 Å². The Labute approximate surface area is 147 Å². The van der Waals surface area contributed by atoms with Gasteiger partial charge in [-0.2, -0.15) is 4.98 Å². The average molecular weight is 370 g/mol. The molecular formula is C14H16ClN5O3S. The number of thiophene rings is 1. The molecule has 0 aromatic carbocycles. The Morgan fingerprint density at radius 3 is 3.21 bits per heavy atom. The van der Waals surface area contributed by atoms with E-state index in [4.69, 9.17) is 9.26 Å². The predicted molar refractivity (Wildman–Crippen MR) is 90.7 cm³/mol. The highest BCUT2D eigenvalue weighted by Crippen LogP contribution is 2.29. The van der Waals surface area contributed by atoms with Crippen LogP contribution >= 0.6 is 23.7 Å². The number of nitrogens with one attached hydrogen (secondary N) is 1. The maximum atomic E-state index is 12.8. The van der Waals surface area contributed by atoms with Gasteiger partial charge in [0.25, 0.3) is 11.4 Å². The molecule has 1 aliphatic heterocycles. The zero-order chi connectivity index (χ0) is 15.8. The minimum absolute atomic E-state index is 0. The third-order valence-electron chi connectivity index (χ3n) is 3.79. The molecule has 0 aliphatic carbocycles. The third-order valence-corrected chi connectivity index (χ3v) is 4.93. The molecule has 0 saturated heterocycles. The van der Waals surface area contributed by atoms with Gasteiger partial charge in [0.15, 0.2) is 5.82 Å². The van der Waals surface area contributed by atoms with Crippen LogP contribution in [0, 0.1) is 0 Å². The third kappa shape index (κ3) is 2.95. The molecule has 0 spiro atoms.